The van der Waals surface area contributed by atoms with E-state index in [-0.39, 0.29) is 4.90 Å². The molecule has 0 fully saturated rings. The van der Waals surface area contributed by atoms with E-state index >= 15 is 0 Å². The van der Waals surface area contributed by atoms with E-state index in [1.165, 1.54) is 10.4 Å². The van der Waals surface area contributed by atoms with Crippen LogP contribution in [0, 0.1) is 13.8 Å². The van der Waals surface area contributed by atoms with Crippen LogP contribution in [0.1, 0.15) is 11.1 Å². The molecule has 5 nitrogen and oxygen atoms in total. The van der Waals surface area contributed by atoms with Crippen molar-refractivity contribution in [2.45, 2.75) is 18.7 Å². The summed E-state index contributed by atoms with van der Waals surface area (Å²) in [6.07, 6.45) is 0. The van der Waals surface area contributed by atoms with Crippen LogP contribution in [-0.4, -0.2) is 28.7 Å². The molecule has 0 saturated carbocycles. The van der Waals surface area contributed by atoms with Gasteiger partial charge in [0.15, 0.2) is 11.5 Å². The van der Waals surface area contributed by atoms with E-state index in [1.54, 1.807) is 19.2 Å². The molecule has 2 aromatic carbocycles. The third kappa shape index (κ3) is 2.86. The van der Waals surface area contributed by atoms with E-state index in [0.29, 0.717) is 30.4 Å². The highest BCUT2D eigenvalue weighted by Gasteiger charge is 2.25. The lowest BCUT2D eigenvalue weighted by Gasteiger charge is -2.23. The number of aryl methyl sites for hydroxylation is 2. The van der Waals surface area contributed by atoms with Crippen LogP contribution in [0.15, 0.2) is 41.3 Å². The Morgan fingerprint density at radius 2 is 1.65 bits per heavy atom. The number of hydrogen-bond donors (Lipinski definition) is 0. The number of benzene rings is 2. The molecule has 0 radical (unpaired) electrons. The molecule has 6 heteroatoms. The molecule has 0 saturated heterocycles. The topological polar surface area (TPSA) is 55.8 Å². The number of anilines is 1. The second kappa shape index (κ2) is 5.77. The zero-order chi connectivity index (χ0) is 16.6. The fraction of sp³-hybridized carbons (Fsp3) is 0.294. The number of sulfonamides is 1. The molecule has 2 aromatic rings. The molecule has 1 heterocycles. The first-order chi connectivity index (χ1) is 10.9. The van der Waals surface area contributed by atoms with Crippen molar-refractivity contribution in [1.82, 2.24) is 0 Å². The van der Waals surface area contributed by atoms with Gasteiger partial charge in [0.05, 0.1) is 10.6 Å². The van der Waals surface area contributed by atoms with Crippen LogP contribution >= 0.6 is 0 Å². The molecule has 23 heavy (non-hydrogen) atoms. The lowest BCUT2D eigenvalue weighted by Crippen LogP contribution is -2.27. The van der Waals surface area contributed by atoms with Crippen molar-refractivity contribution in [3.63, 3.8) is 0 Å². The van der Waals surface area contributed by atoms with Crippen molar-refractivity contribution < 1.29 is 17.9 Å². The molecule has 0 N–H and O–H groups in total. The Morgan fingerprint density at radius 3 is 2.35 bits per heavy atom. The van der Waals surface area contributed by atoms with Crippen molar-refractivity contribution in [3.8, 4) is 11.5 Å². The average molecular weight is 333 g/mol. The summed E-state index contributed by atoms with van der Waals surface area (Å²) in [5, 5.41) is 0. The van der Waals surface area contributed by atoms with Gasteiger partial charge in [0.1, 0.15) is 13.2 Å². The molecule has 0 aromatic heterocycles. The molecule has 0 spiro atoms. The second-order valence-corrected chi connectivity index (χ2v) is 7.54. The Morgan fingerprint density at radius 1 is 0.957 bits per heavy atom. The smallest absolute Gasteiger partial charge is 0.264 e. The third-order valence-electron chi connectivity index (χ3n) is 3.86. The summed E-state index contributed by atoms with van der Waals surface area (Å²) in [5.41, 5.74) is 2.66. The molecule has 0 atom stereocenters. The van der Waals surface area contributed by atoms with Gasteiger partial charge in [0.2, 0.25) is 0 Å². The lowest BCUT2D eigenvalue weighted by atomic mass is 10.1. The van der Waals surface area contributed by atoms with Crippen LogP contribution < -0.4 is 13.8 Å². The molecular formula is C17H19NO4S. The Bertz CT molecular complexity index is 846. The first-order valence-electron chi connectivity index (χ1n) is 7.35. The predicted molar refractivity (Wildman–Crippen MR) is 88.9 cm³/mol. The van der Waals surface area contributed by atoms with Crippen LogP contribution in [0.4, 0.5) is 5.69 Å². The minimum atomic E-state index is -3.66. The minimum Gasteiger partial charge on any atom is -0.486 e. The summed E-state index contributed by atoms with van der Waals surface area (Å²) in [4.78, 5) is 0.184. The van der Waals surface area contributed by atoms with Crippen molar-refractivity contribution >= 4 is 15.7 Å². The van der Waals surface area contributed by atoms with Crippen molar-refractivity contribution in [3.05, 3.63) is 47.5 Å². The molecule has 0 aliphatic carbocycles. The Kier molecular flexibility index (Phi) is 3.93. The van der Waals surface area contributed by atoms with Gasteiger partial charge in [-0.15, -0.1) is 0 Å². The highest BCUT2D eigenvalue weighted by atomic mass is 32.2. The number of ether oxygens (including phenoxy) is 2. The summed E-state index contributed by atoms with van der Waals surface area (Å²) in [5.74, 6) is 1.04. The van der Waals surface area contributed by atoms with Gasteiger partial charge in [-0.3, -0.25) is 4.31 Å². The van der Waals surface area contributed by atoms with Gasteiger partial charge in [0, 0.05) is 13.1 Å². The van der Waals surface area contributed by atoms with Crippen molar-refractivity contribution in [1.29, 1.82) is 0 Å². The summed E-state index contributed by atoms with van der Waals surface area (Å²) < 4.78 is 38.0. The Labute approximate surface area is 136 Å². The molecule has 3 rings (SSSR count). The van der Waals surface area contributed by atoms with Gasteiger partial charge in [-0.05, 0) is 37.6 Å². The highest BCUT2D eigenvalue weighted by molar-refractivity contribution is 7.92. The van der Waals surface area contributed by atoms with Crippen LogP contribution in [0.5, 0.6) is 11.5 Å². The lowest BCUT2D eigenvalue weighted by molar-refractivity contribution is 0.171. The maximum Gasteiger partial charge on any atom is 0.264 e. The quantitative estimate of drug-likeness (QED) is 0.867. The largest absolute Gasteiger partial charge is 0.486 e. The van der Waals surface area contributed by atoms with Gasteiger partial charge in [-0.1, -0.05) is 17.7 Å². The maximum atomic E-state index is 12.9. The van der Waals surface area contributed by atoms with Crippen molar-refractivity contribution in [2.75, 3.05) is 24.6 Å². The first kappa shape index (κ1) is 15.7. The van der Waals surface area contributed by atoms with Gasteiger partial charge >= 0.3 is 0 Å². The monoisotopic (exact) mass is 333 g/mol. The van der Waals surface area contributed by atoms with Crippen LogP contribution in [0.3, 0.4) is 0 Å². The Balaban J connectivity index is 2.00. The van der Waals surface area contributed by atoms with Gasteiger partial charge < -0.3 is 9.47 Å². The zero-order valence-corrected chi connectivity index (χ0v) is 14.2. The molecule has 1 aliphatic heterocycles. The molecule has 122 valence electrons. The van der Waals surface area contributed by atoms with Crippen molar-refractivity contribution in [2.24, 2.45) is 0 Å². The highest BCUT2D eigenvalue weighted by Crippen LogP contribution is 2.34. The van der Waals surface area contributed by atoms with Gasteiger partial charge in [-0.25, -0.2) is 8.42 Å². The summed E-state index contributed by atoms with van der Waals surface area (Å²) in [6, 6.07) is 10.4. The van der Waals surface area contributed by atoms with Gasteiger partial charge in [-0.2, -0.15) is 0 Å². The first-order valence-corrected chi connectivity index (χ1v) is 8.79. The average Bonchev–Trinajstić information content (AvgIpc) is 2.53. The van der Waals surface area contributed by atoms with E-state index in [2.05, 4.69) is 0 Å². The zero-order valence-electron chi connectivity index (χ0n) is 13.4. The molecule has 0 bridgehead atoms. The Hall–Kier alpha value is -2.21. The fourth-order valence-corrected chi connectivity index (χ4v) is 3.91. The van der Waals surface area contributed by atoms with E-state index in [0.717, 1.165) is 11.1 Å². The van der Waals surface area contributed by atoms with E-state index in [9.17, 15) is 8.42 Å². The molecule has 1 aliphatic rings. The predicted octanol–water partition coefficient (Wildman–Crippen LogP) is 2.90. The number of fused-ring (bicyclic) bond motifs is 1. The van der Waals surface area contributed by atoms with E-state index in [4.69, 9.17) is 9.47 Å². The molecule has 0 unspecified atom stereocenters. The third-order valence-corrected chi connectivity index (χ3v) is 5.63. The van der Waals surface area contributed by atoms with Crippen LogP contribution in [-0.2, 0) is 10.0 Å². The van der Waals surface area contributed by atoms with E-state index in [1.807, 2.05) is 32.0 Å². The summed E-state index contributed by atoms with van der Waals surface area (Å²) >= 11 is 0. The number of rotatable bonds is 3. The maximum absolute atomic E-state index is 12.9. The fourth-order valence-electron chi connectivity index (χ4n) is 2.63. The summed E-state index contributed by atoms with van der Waals surface area (Å²) in [7, 11) is -2.10. The molecular weight excluding hydrogens is 314 g/mol. The summed E-state index contributed by atoms with van der Waals surface area (Å²) in [6.45, 7) is 4.77. The number of nitrogens with zero attached hydrogens (tertiary/aromatic N) is 1. The molecule has 0 amide bonds. The SMILES string of the molecule is Cc1ccc(N(C)S(=O)(=O)c2ccc3c(c2)OCCO3)c(C)c1. The number of hydrogen-bond acceptors (Lipinski definition) is 4. The minimum absolute atomic E-state index is 0.184. The standard InChI is InChI=1S/C17H19NO4S/c1-12-4-6-15(13(2)10-12)18(3)23(19,20)14-5-7-16-17(11-14)22-9-8-21-16/h4-7,10-11H,8-9H2,1-3H3. The normalized spacial score (nSPS) is 13.7. The van der Waals surface area contributed by atoms with Crippen LogP contribution in [0.2, 0.25) is 0 Å². The van der Waals surface area contributed by atoms with E-state index < -0.39 is 10.0 Å². The van der Waals surface area contributed by atoms with Gasteiger partial charge in [0.25, 0.3) is 10.0 Å². The second-order valence-electron chi connectivity index (χ2n) is 5.57. The van der Waals surface area contributed by atoms with Crippen LogP contribution in [0.25, 0.3) is 0 Å².